The zero-order valence-electron chi connectivity index (χ0n) is 17.7. The average Bonchev–Trinajstić information content (AvgIpc) is 3.02. The second-order valence-corrected chi connectivity index (χ2v) is 7.85. The smallest absolute Gasteiger partial charge is 0.410 e. The summed E-state index contributed by atoms with van der Waals surface area (Å²) in [6, 6.07) is -0.147. The van der Waals surface area contributed by atoms with E-state index in [2.05, 4.69) is 0 Å². The van der Waals surface area contributed by atoms with Crippen LogP contribution in [0.5, 0.6) is 0 Å². The number of hydrogen-bond donors (Lipinski definition) is 1. The summed E-state index contributed by atoms with van der Waals surface area (Å²) in [5.41, 5.74) is 0.586. The minimum atomic E-state index is -4.27. The highest BCUT2D eigenvalue weighted by Gasteiger charge is 2.63. The van der Waals surface area contributed by atoms with Gasteiger partial charge >= 0.3 is 18.1 Å². The number of nitrogens with one attached hydrogen (secondary N) is 1. The standard InChI is InChI=1S/C21H28F4N2O4/c1-4-30-17(28)16(12-14(2)3)26-21(24,25)18-20(22,23)10-11-27(18)19(29)31-13-15-8-6-5-7-9-15/h5-9,14,16,18,26H,4,10-13H2,1-3H3/t16-,18?/m1/s1. The molecular weight excluding hydrogens is 420 g/mol. The molecule has 0 aliphatic carbocycles. The van der Waals surface area contributed by atoms with Crippen LogP contribution in [0.2, 0.25) is 0 Å². The van der Waals surface area contributed by atoms with Crippen molar-refractivity contribution in [3.63, 3.8) is 0 Å². The normalized spacial score (nSPS) is 19.4. The van der Waals surface area contributed by atoms with Crippen molar-refractivity contribution in [1.29, 1.82) is 0 Å². The lowest BCUT2D eigenvalue weighted by Gasteiger charge is -2.35. The van der Waals surface area contributed by atoms with E-state index in [0.29, 0.717) is 10.5 Å². The Kier molecular flexibility index (Phi) is 8.27. The van der Waals surface area contributed by atoms with Gasteiger partial charge in [-0.15, -0.1) is 0 Å². The number of alkyl halides is 4. The van der Waals surface area contributed by atoms with E-state index < -0.39 is 49.1 Å². The van der Waals surface area contributed by atoms with Gasteiger partial charge in [-0.25, -0.2) is 18.9 Å². The number of esters is 1. The number of hydrogen-bond acceptors (Lipinski definition) is 5. The molecule has 0 saturated carbocycles. The summed E-state index contributed by atoms with van der Waals surface area (Å²) in [4.78, 5) is 24.8. The van der Waals surface area contributed by atoms with Crippen LogP contribution in [-0.2, 0) is 20.9 Å². The molecule has 1 heterocycles. The van der Waals surface area contributed by atoms with Gasteiger partial charge in [0.1, 0.15) is 12.6 Å². The summed E-state index contributed by atoms with van der Waals surface area (Å²) >= 11 is 0. The molecule has 1 unspecified atom stereocenters. The van der Waals surface area contributed by atoms with Crippen molar-refractivity contribution >= 4 is 12.1 Å². The van der Waals surface area contributed by atoms with Crippen molar-refractivity contribution < 1.29 is 36.6 Å². The summed E-state index contributed by atoms with van der Waals surface area (Å²) in [6.45, 7) is 4.02. The maximum atomic E-state index is 15.1. The Morgan fingerprint density at radius 3 is 2.45 bits per heavy atom. The number of rotatable bonds is 9. The molecule has 0 radical (unpaired) electrons. The number of amides is 1. The molecule has 174 valence electrons. The molecule has 1 aromatic rings. The fraction of sp³-hybridized carbons (Fsp3) is 0.619. The van der Waals surface area contributed by atoms with Crippen LogP contribution >= 0.6 is 0 Å². The van der Waals surface area contributed by atoms with Crippen LogP contribution in [0.4, 0.5) is 22.4 Å². The van der Waals surface area contributed by atoms with Gasteiger partial charge in [0.2, 0.25) is 0 Å². The van der Waals surface area contributed by atoms with Crippen molar-refractivity contribution in [3.8, 4) is 0 Å². The molecule has 10 heteroatoms. The van der Waals surface area contributed by atoms with Gasteiger partial charge in [0.25, 0.3) is 5.92 Å². The Balaban J connectivity index is 2.18. The van der Waals surface area contributed by atoms with Gasteiger partial charge in [-0.3, -0.25) is 9.69 Å². The average molecular weight is 448 g/mol. The SMILES string of the molecule is CCOC(=O)[C@@H](CC(C)C)NC(F)(F)C1N(C(=O)OCc2ccccc2)CCC1(F)F. The molecule has 0 spiro atoms. The van der Waals surface area contributed by atoms with E-state index >= 15 is 8.78 Å². The fourth-order valence-electron chi connectivity index (χ4n) is 3.46. The lowest BCUT2D eigenvalue weighted by molar-refractivity contribution is -0.178. The summed E-state index contributed by atoms with van der Waals surface area (Å²) < 4.78 is 68.8. The highest BCUT2D eigenvalue weighted by molar-refractivity contribution is 5.76. The topological polar surface area (TPSA) is 67.9 Å². The highest BCUT2D eigenvalue weighted by atomic mass is 19.3. The zero-order valence-corrected chi connectivity index (χ0v) is 17.7. The van der Waals surface area contributed by atoms with E-state index in [1.807, 2.05) is 0 Å². The molecule has 0 bridgehead atoms. The largest absolute Gasteiger partial charge is 0.465 e. The molecule has 1 amide bonds. The Morgan fingerprint density at radius 2 is 1.87 bits per heavy atom. The first-order valence-corrected chi connectivity index (χ1v) is 10.1. The van der Waals surface area contributed by atoms with Crippen molar-refractivity contribution in [3.05, 3.63) is 35.9 Å². The predicted octanol–water partition coefficient (Wildman–Crippen LogP) is 4.19. The van der Waals surface area contributed by atoms with Crippen LogP contribution in [0.15, 0.2) is 30.3 Å². The van der Waals surface area contributed by atoms with Crippen LogP contribution < -0.4 is 5.32 Å². The molecule has 31 heavy (non-hydrogen) atoms. The van der Waals surface area contributed by atoms with Gasteiger partial charge in [0, 0.05) is 13.0 Å². The molecule has 1 saturated heterocycles. The maximum Gasteiger partial charge on any atom is 0.410 e. The number of halogens is 4. The molecule has 2 atom stereocenters. The maximum absolute atomic E-state index is 15.1. The number of carbonyl (C=O) groups is 2. The highest BCUT2D eigenvalue weighted by Crippen LogP contribution is 2.42. The Morgan fingerprint density at radius 1 is 1.23 bits per heavy atom. The molecule has 1 aliphatic rings. The van der Waals surface area contributed by atoms with Gasteiger partial charge in [0.15, 0.2) is 6.04 Å². The van der Waals surface area contributed by atoms with Crippen LogP contribution in [0, 0.1) is 5.92 Å². The number of likely N-dealkylation sites (tertiary alicyclic amines) is 1. The van der Waals surface area contributed by atoms with Crippen molar-refractivity contribution in [2.45, 2.75) is 64.3 Å². The Bertz CT molecular complexity index is 746. The zero-order chi connectivity index (χ0) is 23.2. The lowest BCUT2D eigenvalue weighted by atomic mass is 10.0. The van der Waals surface area contributed by atoms with Crippen LogP contribution in [0.3, 0.4) is 0 Å². The first kappa shape index (κ1) is 24.9. The molecule has 6 nitrogen and oxygen atoms in total. The third kappa shape index (κ3) is 6.56. The minimum absolute atomic E-state index is 0.0434. The summed E-state index contributed by atoms with van der Waals surface area (Å²) in [7, 11) is 0. The van der Waals surface area contributed by atoms with Crippen LogP contribution in [0.25, 0.3) is 0 Å². The number of benzene rings is 1. The van der Waals surface area contributed by atoms with E-state index in [1.165, 1.54) is 6.92 Å². The first-order chi connectivity index (χ1) is 14.5. The van der Waals surface area contributed by atoms with E-state index in [0.717, 1.165) is 0 Å². The van der Waals surface area contributed by atoms with Crippen molar-refractivity contribution in [2.75, 3.05) is 13.2 Å². The fourth-order valence-corrected chi connectivity index (χ4v) is 3.46. The summed E-state index contributed by atoms with van der Waals surface area (Å²) in [5, 5.41) is 1.73. The number of carbonyl (C=O) groups excluding carboxylic acids is 2. The van der Waals surface area contributed by atoms with Gasteiger partial charge in [-0.2, -0.15) is 8.78 Å². The van der Waals surface area contributed by atoms with E-state index in [-0.39, 0.29) is 25.6 Å². The van der Waals surface area contributed by atoms with Gasteiger partial charge in [-0.1, -0.05) is 44.2 Å². The monoisotopic (exact) mass is 448 g/mol. The molecule has 1 aromatic carbocycles. The van der Waals surface area contributed by atoms with Gasteiger partial charge in [0.05, 0.1) is 6.61 Å². The molecular formula is C21H28F4N2O4. The van der Waals surface area contributed by atoms with Crippen LogP contribution in [0.1, 0.15) is 39.2 Å². The van der Waals surface area contributed by atoms with Crippen molar-refractivity contribution in [2.24, 2.45) is 5.92 Å². The molecule has 1 fully saturated rings. The Labute approximate surface area is 178 Å². The summed E-state index contributed by atoms with van der Waals surface area (Å²) in [6.07, 6.45) is -2.27. The second-order valence-electron chi connectivity index (χ2n) is 7.85. The van der Waals surface area contributed by atoms with Gasteiger partial charge < -0.3 is 9.47 Å². The number of nitrogens with zero attached hydrogens (tertiary/aromatic N) is 1. The van der Waals surface area contributed by atoms with E-state index in [1.54, 1.807) is 49.5 Å². The third-order valence-electron chi connectivity index (χ3n) is 4.83. The molecule has 2 rings (SSSR count). The quantitative estimate of drug-likeness (QED) is 0.349. The van der Waals surface area contributed by atoms with E-state index in [9.17, 15) is 18.4 Å². The van der Waals surface area contributed by atoms with Crippen molar-refractivity contribution in [1.82, 2.24) is 10.2 Å². The molecule has 1 N–H and O–H groups in total. The third-order valence-corrected chi connectivity index (χ3v) is 4.83. The summed E-state index contributed by atoms with van der Waals surface area (Å²) in [5.74, 6) is -5.02. The minimum Gasteiger partial charge on any atom is -0.465 e. The van der Waals surface area contributed by atoms with Gasteiger partial charge in [-0.05, 0) is 24.8 Å². The van der Waals surface area contributed by atoms with Crippen LogP contribution in [-0.4, -0.2) is 54.2 Å². The Hall–Kier alpha value is -2.36. The lowest BCUT2D eigenvalue weighted by Crippen LogP contribution is -2.63. The predicted molar refractivity (Wildman–Crippen MR) is 105 cm³/mol. The number of ether oxygens (including phenoxy) is 2. The van der Waals surface area contributed by atoms with E-state index in [4.69, 9.17) is 9.47 Å². The first-order valence-electron chi connectivity index (χ1n) is 10.1. The second kappa shape index (κ2) is 10.3. The molecule has 1 aliphatic heterocycles. The molecule has 0 aromatic heterocycles.